The fourth-order valence-corrected chi connectivity index (χ4v) is 3.73. The van der Waals surface area contributed by atoms with Crippen LogP contribution in [0, 0.1) is 12.8 Å². The highest BCUT2D eigenvalue weighted by Crippen LogP contribution is 2.15. The van der Waals surface area contributed by atoms with E-state index in [9.17, 15) is 13.2 Å². The lowest BCUT2D eigenvalue weighted by molar-refractivity contribution is 0.1000. The highest BCUT2D eigenvalue weighted by molar-refractivity contribution is 7.90. The van der Waals surface area contributed by atoms with Gasteiger partial charge >= 0.3 is 0 Å². The van der Waals surface area contributed by atoms with E-state index in [0.29, 0.717) is 17.7 Å². The van der Waals surface area contributed by atoms with E-state index < -0.39 is 15.7 Å². The molecule has 0 bridgehead atoms. The van der Waals surface area contributed by atoms with E-state index in [1.165, 1.54) is 0 Å². The van der Waals surface area contributed by atoms with E-state index in [4.69, 9.17) is 11.5 Å². The molecule has 4 N–H and O–H groups in total. The molecule has 1 atom stereocenters. The van der Waals surface area contributed by atoms with Crippen molar-refractivity contribution in [3.8, 4) is 0 Å². The zero-order valence-corrected chi connectivity index (χ0v) is 12.0. The minimum atomic E-state index is -3.20. The lowest BCUT2D eigenvalue weighted by Gasteiger charge is -2.11. The SMILES string of the molecule is Cc1cc(C(N)=O)ccc1CS(=O)(=O)CC(C)CN. The monoisotopic (exact) mass is 284 g/mol. The standard InChI is InChI=1S/C13H20N2O3S/c1-9(6-14)7-19(17,18)8-12-4-3-11(13(15)16)5-10(12)2/h3-5,9H,6-8,14H2,1-2H3,(H2,15,16). The van der Waals surface area contributed by atoms with Crippen LogP contribution in [0.1, 0.15) is 28.4 Å². The second kappa shape index (κ2) is 6.16. The van der Waals surface area contributed by atoms with Crippen molar-refractivity contribution in [1.82, 2.24) is 0 Å². The van der Waals surface area contributed by atoms with Crippen LogP contribution >= 0.6 is 0 Å². The van der Waals surface area contributed by atoms with Crippen molar-refractivity contribution in [2.45, 2.75) is 19.6 Å². The Hall–Kier alpha value is -1.40. The summed E-state index contributed by atoms with van der Waals surface area (Å²) in [6, 6.07) is 4.80. The lowest BCUT2D eigenvalue weighted by atomic mass is 10.1. The Labute approximate surface area is 113 Å². The van der Waals surface area contributed by atoms with E-state index in [-0.39, 0.29) is 17.4 Å². The Bertz CT molecular complexity index is 567. The number of amides is 1. The van der Waals surface area contributed by atoms with Crippen LogP contribution < -0.4 is 11.5 Å². The molecule has 1 unspecified atom stereocenters. The predicted octanol–water partition coefficient (Wildman–Crippen LogP) is 0.604. The molecular weight excluding hydrogens is 264 g/mol. The first kappa shape index (κ1) is 15.7. The molecule has 0 fully saturated rings. The molecule has 6 heteroatoms. The van der Waals surface area contributed by atoms with Gasteiger partial charge in [-0.3, -0.25) is 4.79 Å². The largest absolute Gasteiger partial charge is 0.366 e. The first-order chi connectivity index (χ1) is 8.75. The van der Waals surface area contributed by atoms with Gasteiger partial charge in [-0.2, -0.15) is 0 Å². The molecule has 19 heavy (non-hydrogen) atoms. The first-order valence-electron chi connectivity index (χ1n) is 6.05. The number of aryl methyl sites for hydroxylation is 1. The molecule has 5 nitrogen and oxygen atoms in total. The van der Waals surface area contributed by atoms with Gasteiger partial charge in [0.25, 0.3) is 0 Å². The molecule has 0 saturated carbocycles. The minimum absolute atomic E-state index is 0.0395. The van der Waals surface area contributed by atoms with Crippen molar-refractivity contribution in [2.24, 2.45) is 17.4 Å². The zero-order chi connectivity index (χ0) is 14.6. The van der Waals surface area contributed by atoms with Gasteiger partial charge in [0.2, 0.25) is 5.91 Å². The van der Waals surface area contributed by atoms with E-state index >= 15 is 0 Å². The smallest absolute Gasteiger partial charge is 0.248 e. The summed E-state index contributed by atoms with van der Waals surface area (Å²) in [5.41, 5.74) is 12.4. The van der Waals surface area contributed by atoms with Crippen LogP contribution in [0.2, 0.25) is 0 Å². The number of rotatable bonds is 6. The summed E-state index contributed by atoms with van der Waals surface area (Å²) in [4.78, 5) is 11.0. The molecule has 0 aromatic heterocycles. The van der Waals surface area contributed by atoms with Crippen molar-refractivity contribution in [3.63, 3.8) is 0 Å². The van der Waals surface area contributed by atoms with E-state index in [0.717, 1.165) is 5.56 Å². The summed E-state index contributed by atoms with van der Waals surface area (Å²) in [6.07, 6.45) is 0. The molecule has 0 saturated heterocycles. The van der Waals surface area contributed by atoms with Gasteiger partial charge in [-0.15, -0.1) is 0 Å². The maximum absolute atomic E-state index is 12.0. The van der Waals surface area contributed by atoms with Crippen molar-refractivity contribution in [1.29, 1.82) is 0 Å². The van der Waals surface area contributed by atoms with Gasteiger partial charge in [0.1, 0.15) is 0 Å². The third-order valence-corrected chi connectivity index (χ3v) is 4.77. The molecule has 0 aliphatic rings. The molecule has 1 rings (SSSR count). The fraction of sp³-hybridized carbons (Fsp3) is 0.462. The first-order valence-corrected chi connectivity index (χ1v) is 7.87. The van der Waals surface area contributed by atoms with Crippen LogP contribution in [0.5, 0.6) is 0 Å². The second-order valence-electron chi connectivity index (χ2n) is 4.90. The summed E-state index contributed by atoms with van der Waals surface area (Å²) < 4.78 is 24.0. The van der Waals surface area contributed by atoms with Crippen LogP contribution in [0.25, 0.3) is 0 Å². The molecule has 0 spiro atoms. The van der Waals surface area contributed by atoms with Gasteiger partial charge in [0.15, 0.2) is 9.84 Å². The Morgan fingerprint density at radius 3 is 2.47 bits per heavy atom. The topological polar surface area (TPSA) is 103 Å². The molecule has 0 radical (unpaired) electrons. The number of benzene rings is 1. The molecule has 0 aliphatic heterocycles. The lowest BCUT2D eigenvalue weighted by Crippen LogP contribution is -2.22. The maximum Gasteiger partial charge on any atom is 0.248 e. The predicted molar refractivity (Wildman–Crippen MR) is 75.4 cm³/mol. The quantitative estimate of drug-likeness (QED) is 0.798. The number of carbonyl (C=O) groups is 1. The van der Waals surface area contributed by atoms with Gasteiger partial charge in [-0.1, -0.05) is 13.0 Å². The van der Waals surface area contributed by atoms with Gasteiger partial charge in [-0.05, 0) is 42.6 Å². The van der Waals surface area contributed by atoms with E-state index in [2.05, 4.69) is 0 Å². The Morgan fingerprint density at radius 2 is 2.00 bits per heavy atom. The third kappa shape index (κ3) is 4.65. The molecular formula is C13H20N2O3S. The highest BCUT2D eigenvalue weighted by Gasteiger charge is 2.17. The third-order valence-electron chi connectivity index (χ3n) is 2.94. The molecule has 106 valence electrons. The molecule has 1 aromatic carbocycles. The normalized spacial score (nSPS) is 13.2. The Kier molecular flexibility index (Phi) is 5.08. The molecule has 1 amide bonds. The Morgan fingerprint density at radius 1 is 1.37 bits per heavy atom. The summed E-state index contributed by atoms with van der Waals surface area (Å²) in [5.74, 6) is -0.549. The van der Waals surface area contributed by atoms with Crippen LogP contribution in [-0.4, -0.2) is 26.6 Å². The van der Waals surface area contributed by atoms with Crippen LogP contribution in [0.4, 0.5) is 0 Å². The number of hydrogen-bond acceptors (Lipinski definition) is 4. The van der Waals surface area contributed by atoms with Crippen LogP contribution in [0.15, 0.2) is 18.2 Å². The van der Waals surface area contributed by atoms with Crippen molar-refractivity contribution in [2.75, 3.05) is 12.3 Å². The second-order valence-corrected chi connectivity index (χ2v) is 7.01. The zero-order valence-electron chi connectivity index (χ0n) is 11.2. The number of carbonyl (C=O) groups excluding carboxylic acids is 1. The minimum Gasteiger partial charge on any atom is -0.366 e. The molecule has 0 heterocycles. The molecule has 1 aromatic rings. The summed E-state index contributed by atoms with van der Waals surface area (Å²) in [6.45, 7) is 3.92. The van der Waals surface area contributed by atoms with Gasteiger partial charge < -0.3 is 11.5 Å². The van der Waals surface area contributed by atoms with Crippen molar-refractivity contribution >= 4 is 15.7 Å². The van der Waals surface area contributed by atoms with Gasteiger partial charge in [0, 0.05) is 5.56 Å². The van der Waals surface area contributed by atoms with Crippen LogP contribution in [-0.2, 0) is 15.6 Å². The summed E-state index contributed by atoms with van der Waals surface area (Å²) >= 11 is 0. The maximum atomic E-state index is 12.0. The fourth-order valence-electron chi connectivity index (χ4n) is 1.81. The number of nitrogens with two attached hydrogens (primary N) is 2. The number of sulfone groups is 1. The number of hydrogen-bond donors (Lipinski definition) is 2. The van der Waals surface area contributed by atoms with Gasteiger partial charge in [0.05, 0.1) is 11.5 Å². The average Bonchev–Trinajstić information content (AvgIpc) is 2.30. The summed E-state index contributed by atoms with van der Waals surface area (Å²) in [5, 5.41) is 0. The van der Waals surface area contributed by atoms with Gasteiger partial charge in [-0.25, -0.2) is 8.42 Å². The average molecular weight is 284 g/mol. The van der Waals surface area contributed by atoms with Crippen LogP contribution in [0.3, 0.4) is 0 Å². The summed E-state index contributed by atoms with van der Waals surface area (Å²) in [7, 11) is -3.20. The van der Waals surface area contributed by atoms with E-state index in [1.807, 2.05) is 0 Å². The molecule has 0 aliphatic carbocycles. The Balaban J connectivity index is 2.91. The van der Waals surface area contributed by atoms with Crippen molar-refractivity contribution in [3.05, 3.63) is 34.9 Å². The number of primary amides is 1. The van der Waals surface area contributed by atoms with E-state index in [1.54, 1.807) is 32.0 Å². The highest BCUT2D eigenvalue weighted by atomic mass is 32.2. The van der Waals surface area contributed by atoms with Crippen molar-refractivity contribution < 1.29 is 13.2 Å².